The van der Waals surface area contributed by atoms with Gasteiger partial charge in [0.15, 0.2) is 0 Å². The molecule has 2 aromatic carbocycles. The zero-order chi connectivity index (χ0) is 12.4. The van der Waals surface area contributed by atoms with Gasteiger partial charge in [0.05, 0.1) is 12.5 Å². The number of benzene rings is 2. The molecule has 1 aliphatic heterocycles. The van der Waals surface area contributed by atoms with E-state index in [-0.39, 0.29) is 5.92 Å². The molecule has 1 aliphatic rings. The normalized spacial score (nSPS) is 17.1. The zero-order valence-electron chi connectivity index (χ0n) is 10.2. The number of hydrogen-bond acceptors (Lipinski definition) is 2. The molecule has 0 aromatic heterocycles. The maximum absolute atomic E-state index is 5.68. The number of fused-ring (bicyclic) bond motifs is 1. The van der Waals surface area contributed by atoms with Crippen LogP contribution in [0.15, 0.2) is 48.5 Å². The minimum Gasteiger partial charge on any atom is -0.493 e. The van der Waals surface area contributed by atoms with E-state index in [1.807, 2.05) is 43.3 Å². The summed E-state index contributed by atoms with van der Waals surface area (Å²) in [5, 5.41) is 0. The molecule has 2 radical (unpaired) electrons. The van der Waals surface area contributed by atoms with Crippen molar-refractivity contribution < 1.29 is 9.47 Å². The third-order valence-electron chi connectivity index (χ3n) is 3.03. The highest BCUT2D eigenvalue weighted by molar-refractivity contribution is 5.55. The maximum Gasteiger partial charge on any atom is 0.209 e. The molecule has 18 heavy (non-hydrogen) atoms. The van der Waals surface area contributed by atoms with Gasteiger partial charge in [-0.1, -0.05) is 36.4 Å². The predicted octanol–water partition coefficient (Wildman–Crippen LogP) is 3.65. The molecule has 2 nitrogen and oxygen atoms in total. The first-order valence-electron chi connectivity index (χ1n) is 6.13. The van der Waals surface area contributed by atoms with Crippen LogP contribution in [-0.4, -0.2) is 6.61 Å². The fraction of sp³-hybridized carbons (Fsp3) is 0.188. The van der Waals surface area contributed by atoms with E-state index in [1.54, 1.807) is 0 Å². The fourth-order valence-electron chi connectivity index (χ4n) is 2.24. The lowest BCUT2D eigenvalue weighted by Gasteiger charge is -2.13. The highest BCUT2D eigenvalue weighted by atomic mass is 16.5. The summed E-state index contributed by atoms with van der Waals surface area (Å²) in [7, 11) is 0. The summed E-state index contributed by atoms with van der Waals surface area (Å²) >= 11 is 0. The second-order valence-corrected chi connectivity index (χ2v) is 4.16. The van der Waals surface area contributed by atoms with E-state index in [9.17, 15) is 0 Å². The first kappa shape index (κ1) is 11.1. The summed E-state index contributed by atoms with van der Waals surface area (Å²) in [5.41, 5.74) is 2.24. The van der Waals surface area contributed by atoms with Gasteiger partial charge in [-0.05, 0) is 24.6 Å². The van der Waals surface area contributed by atoms with Gasteiger partial charge in [-0.25, -0.2) is 0 Å². The van der Waals surface area contributed by atoms with Gasteiger partial charge in [0, 0.05) is 5.56 Å². The van der Waals surface area contributed by atoms with Crippen LogP contribution in [-0.2, 0) is 0 Å². The average Bonchev–Trinajstić information content (AvgIpc) is 2.85. The second kappa shape index (κ2) is 4.73. The summed E-state index contributed by atoms with van der Waals surface area (Å²) < 4.78 is 11.2. The lowest BCUT2D eigenvalue weighted by molar-refractivity contribution is 0.336. The Labute approximate surface area is 107 Å². The summed E-state index contributed by atoms with van der Waals surface area (Å²) in [6, 6.07) is 16.1. The minimum absolute atomic E-state index is 0.0314. The Hall–Kier alpha value is -1.96. The molecule has 3 rings (SSSR count). The summed E-state index contributed by atoms with van der Waals surface area (Å²) in [4.78, 5) is 0. The molecule has 0 aliphatic carbocycles. The van der Waals surface area contributed by atoms with E-state index < -0.39 is 0 Å². The molecule has 0 amide bonds. The van der Waals surface area contributed by atoms with Crippen molar-refractivity contribution >= 4 is 0 Å². The van der Waals surface area contributed by atoms with E-state index in [1.165, 1.54) is 5.56 Å². The molecule has 1 heterocycles. The van der Waals surface area contributed by atoms with Gasteiger partial charge in [-0.3, -0.25) is 0 Å². The first-order valence-corrected chi connectivity index (χ1v) is 6.13. The van der Waals surface area contributed by atoms with Crippen LogP contribution in [0.1, 0.15) is 24.0 Å². The van der Waals surface area contributed by atoms with Gasteiger partial charge in [0.25, 0.3) is 0 Å². The van der Waals surface area contributed by atoms with Crippen LogP contribution in [0, 0.1) is 6.61 Å². The van der Waals surface area contributed by atoms with Crippen molar-refractivity contribution in [2.45, 2.75) is 12.8 Å². The average molecular weight is 238 g/mol. The van der Waals surface area contributed by atoms with Gasteiger partial charge >= 0.3 is 0 Å². The van der Waals surface area contributed by atoms with Crippen molar-refractivity contribution in [2.24, 2.45) is 0 Å². The Balaban J connectivity index is 2.05. The zero-order valence-corrected chi connectivity index (χ0v) is 10.2. The van der Waals surface area contributed by atoms with Gasteiger partial charge in [0.2, 0.25) is 6.61 Å². The first-order chi connectivity index (χ1) is 8.90. The van der Waals surface area contributed by atoms with Crippen molar-refractivity contribution in [1.82, 2.24) is 0 Å². The third-order valence-corrected chi connectivity index (χ3v) is 3.03. The number of rotatable bonds is 3. The van der Waals surface area contributed by atoms with E-state index in [0.717, 1.165) is 17.1 Å². The lowest BCUT2D eigenvalue weighted by atomic mass is 9.92. The van der Waals surface area contributed by atoms with Crippen LogP contribution in [0.5, 0.6) is 11.5 Å². The molecule has 0 spiro atoms. The molecule has 0 saturated carbocycles. The maximum atomic E-state index is 5.68. The topological polar surface area (TPSA) is 18.5 Å². The Morgan fingerprint density at radius 3 is 2.72 bits per heavy atom. The second-order valence-electron chi connectivity index (χ2n) is 4.16. The summed E-state index contributed by atoms with van der Waals surface area (Å²) in [6.45, 7) is 5.69. The van der Waals surface area contributed by atoms with Crippen molar-refractivity contribution in [1.29, 1.82) is 0 Å². The van der Waals surface area contributed by atoms with Crippen LogP contribution < -0.4 is 9.47 Å². The minimum atomic E-state index is 0.0314. The van der Waals surface area contributed by atoms with Gasteiger partial charge in [-0.15, -0.1) is 0 Å². The molecule has 90 valence electrons. The van der Waals surface area contributed by atoms with Gasteiger partial charge in [0.1, 0.15) is 11.5 Å². The monoisotopic (exact) mass is 238 g/mol. The number of ether oxygens (including phenoxy) is 2. The van der Waals surface area contributed by atoms with Crippen molar-refractivity contribution in [3.05, 3.63) is 66.3 Å². The lowest BCUT2D eigenvalue weighted by Crippen LogP contribution is -2.01. The van der Waals surface area contributed by atoms with Crippen LogP contribution in [0.25, 0.3) is 0 Å². The molecule has 2 heteroatoms. The van der Waals surface area contributed by atoms with Crippen molar-refractivity contribution in [2.75, 3.05) is 6.61 Å². The predicted molar refractivity (Wildman–Crippen MR) is 69.8 cm³/mol. The standard InChI is InChI=1S/C16H14O2/c1-2-17-14-9-6-10-15-16(14)13(11-18-15)12-7-4-3-5-8-12/h3-10,13H,2H2,1H3. The highest BCUT2D eigenvalue weighted by Gasteiger charge is 2.30. The van der Waals surface area contributed by atoms with Crippen LogP contribution in [0.3, 0.4) is 0 Å². The smallest absolute Gasteiger partial charge is 0.209 e. The summed E-state index contributed by atoms with van der Waals surface area (Å²) in [6.07, 6.45) is 0. The van der Waals surface area contributed by atoms with Crippen LogP contribution >= 0.6 is 0 Å². The Morgan fingerprint density at radius 2 is 1.94 bits per heavy atom. The quantitative estimate of drug-likeness (QED) is 0.812. The molecular formula is C16H14O2. The molecule has 1 atom stereocenters. The molecule has 0 fully saturated rings. The van der Waals surface area contributed by atoms with Crippen molar-refractivity contribution in [3.63, 3.8) is 0 Å². The molecule has 1 unspecified atom stereocenters. The van der Waals surface area contributed by atoms with Gasteiger partial charge < -0.3 is 9.47 Å². The number of hydrogen-bond donors (Lipinski definition) is 0. The highest BCUT2D eigenvalue weighted by Crippen LogP contribution is 2.45. The molecule has 0 N–H and O–H groups in total. The van der Waals surface area contributed by atoms with Crippen LogP contribution in [0.4, 0.5) is 0 Å². The van der Waals surface area contributed by atoms with E-state index in [2.05, 4.69) is 18.7 Å². The fourth-order valence-corrected chi connectivity index (χ4v) is 2.24. The molecular weight excluding hydrogens is 224 g/mol. The molecule has 0 saturated heterocycles. The van der Waals surface area contributed by atoms with E-state index >= 15 is 0 Å². The Morgan fingerprint density at radius 1 is 1.11 bits per heavy atom. The van der Waals surface area contributed by atoms with Crippen LogP contribution in [0.2, 0.25) is 0 Å². The van der Waals surface area contributed by atoms with E-state index in [0.29, 0.717) is 6.61 Å². The SMILES string of the molecule is CCOc1cccc2c1C(c1ccccc1)[C]O2. The Bertz CT molecular complexity index is 534. The molecule has 2 aromatic rings. The van der Waals surface area contributed by atoms with E-state index in [4.69, 9.17) is 9.47 Å². The van der Waals surface area contributed by atoms with Gasteiger partial charge in [-0.2, -0.15) is 0 Å². The largest absolute Gasteiger partial charge is 0.493 e. The summed E-state index contributed by atoms with van der Waals surface area (Å²) in [5.74, 6) is 1.76. The Kier molecular flexibility index (Phi) is 2.93. The molecule has 0 bridgehead atoms. The van der Waals surface area contributed by atoms with Crippen molar-refractivity contribution in [3.8, 4) is 11.5 Å². The third kappa shape index (κ3) is 1.84.